The molecule has 0 aliphatic heterocycles. The van der Waals surface area contributed by atoms with E-state index in [0.717, 1.165) is 11.1 Å². The Bertz CT molecular complexity index is 611. The molecule has 2 aromatic rings. The SMILES string of the molecule is Cc1cccc(C(O)c2cccc(C3CCC3)c2)c1C. The summed E-state index contributed by atoms with van der Waals surface area (Å²) in [5.74, 6) is 0.709. The van der Waals surface area contributed by atoms with Crippen LogP contribution in [0.25, 0.3) is 0 Å². The Labute approximate surface area is 121 Å². The van der Waals surface area contributed by atoms with Crippen molar-refractivity contribution in [3.05, 3.63) is 70.3 Å². The Morgan fingerprint density at radius 3 is 2.50 bits per heavy atom. The molecule has 0 spiro atoms. The second kappa shape index (κ2) is 5.41. The molecule has 0 amide bonds. The van der Waals surface area contributed by atoms with Crippen LogP contribution in [-0.2, 0) is 0 Å². The van der Waals surface area contributed by atoms with Crippen LogP contribution in [0.4, 0.5) is 0 Å². The predicted octanol–water partition coefficient (Wildman–Crippen LogP) is 4.65. The van der Waals surface area contributed by atoms with Gasteiger partial charge in [-0.15, -0.1) is 0 Å². The van der Waals surface area contributed by atoms with Crippen molar-refractivity contribution in [2.75, 3.05) is 0 Å². The lowest BCUT2D eigenvalue weighted by molar-refractivity contribution is 0.219. The zero-order valence-corrected chi connectivity index (χ0v) is 12.3. The van der Waals surface area contributed by atoms with Gasteiger partial charge in [-0.3, -0.25) is 0 Å². The molecule has 1 aliphatic carbocycles. The van der Waals surface area contributed by atoms with E-state index >= 15 is 0 Å². The van der Waals surface area contributed by atoms with Gasteiger partial charge in [-0.1, -0.05) is 48.9 Å². The molecule has 1 unspecified atom stereocenters. The molecule has 3 rings (SSSR count). The topological polar surface area (TPSA) is 20.2 Å². The lowest BCUT2D eigenvalue weighted by atomic mass is 9.79. The molecule has 1 saturated carbocycles. The molecule has 0 bridgehead atoms. The van der Waals surface area contributed by atoms with Gasteiger partial charge in [0.1, 0.15) is 6.10 Å². The summed E-state index contributed by atoms with van der Waals surface area (Å²) >= 11 is 0. The third-order valence-electron chi connectivity index (χ3n) is 4.74. The molecule has 0 saturated heterocycles. The maximum absolute atomic E-state index is 10.7. The predicted molar refractivity (Wildman–Crippen MR) is 83.0 cm³/mol. The highest BCUT2D eigenvalue weighted by Gasteiger charge is 2.21. The van der Waals surface area contributed by atoms with Crippen molar-refractivity contribution in [1.29, 1.82) is 0 Å². The van der Waals surface area contributed by atoms with Gasteiger partial charge in [0, 0.05) is 0 Å². The molecule has 2 aromatic carbocycles. The Kier molecular flexibility index (Phi) is 3.62. The van der Waals surface area contributed by atoms with E-state index in [1.54, 1.807) is 0 Å². The van der Waals surface area contributed by atoms with E-state index in [1.807, 2.05) is 18.2 Å². The number of hydrogen-bond acceptors (Lipinski definition) is 1. The van der Waals surface area contributed by atoms with Crippen molar-refractivity contribution in [1.82, 2.24) is 0 Å². The average molecular weight is 266 g/mol. The van der Waals surface area contributed by atoms with Gasteiger partial charge < -0.3 is 5.11 Å². The maximum Gasteiger partial charge on any atom is 0.104 e. The lowest BCUT2D eigenvalue weighted by Gasteiger charge is -2.26. The van der Waals surface area contributed by atoms with E-state index in [-0.39, 0.29) is 0 Å². The number of aliphatic hydroxyl groups is 1. The molecule has 1 nitrogen and oxygen atoms in total. The first-order chi connectivity index (χ1) is 9.66. The van der Waals surface area contributed by atoms with Crippen molar-refractivity contribution in [2.45, 2.75) is 45.1 Å². The number of aryl methyl sites for hydroxylation is 1. The van der Waals surface area contributed by atoms with Crippen LogP contribution in [0.1, 0.15) is 59.1 Å². The highest BCUT2D eigenvalue weighted by Crippen LogP contribution is 2.37. The molecule has 1 aliphatic rings. The number of hydrogen-bond donors (Lipinski definition) is 1. The van der Waals surface area contributed by atoms with Crippen LogP contribution >= 0.6 is 0 Å². The fourth-order valence-electron chi connectivity index (χ4n) is 2.97. The van der Waals surface area contributed by atoms with Crippen molar-refractivity contribution in [2.24, 2.45) is 0 Å². The van der Waals surface area contributed by atoms with E-state index in [1.165, 1.54) is 36.0 Å². The fourth-order valence-corrected chi connectivity index (χ4v) is 2.97. The zero-order valence-electron chi connectivity index (χ0n) is 12.3. The molecule has 0 radical (unpaired) electrons. The van der Waals surface area contributed by atoms with Gasteiger partial charge in [-0.05, 0) is 60.4 Å². The zero-order chi connectivity index (χ0) is 14.1. The first kappa shape index (κ1) is 13.4. The monoisotopic (exact) mass is 266 g/mol. The Hall–Kier alpha value is -1.60. The number of rotatable bonds is 3. The quantitative estimate of drug-likeness (QED) is 0.857. The number of benzene rings is 2. The third-order valence-corrected chi connectivity index (χ3v) is 4.74. The highest BCUT2D eigenvalue weighted by molar-refractivity contribution is 5.40. The van der Waals surface area contributed by atoms with Gasteiger partial charge in [0.25, 0.3) is 0 Å². The highest BCUT2D eigenvalue weighted by atomic mass is 16.3. The van der Waals surface area contributed by atoms with Crippen LogP contribution < -0.4 is 0 Å². The molecular formula is C19H22O. The second-order valence-corrected chi connectivity index (χ2v) is 5.99. The summed E-state index contributed by atoms with van der Waals surface area (Å²) in [4.78, 5) is 0. The van der Waals surface area contributed by atoms with Crippen molar-refractivity contribution in [3.8, 4) is 0 Å². The fraction of sp³-hybridized carbons (Fsp3) is 0.368. The first-order valence-electron chi connectivity index (χ1n) is 7.51. The van der Waals surface area contributed by atoms with Crippen molar-refractivity contribution < 1.29 is 5.11 Å². The summed E-state index contributed by atoms with van der Waals surface area (Å²) in [5.41, 5.74) is 5.85. The third kappa shape index (κ3) is 2.38. The summed E-state index contributed by atoms with van der Waals surface area (Å²) in [6.07, 6.45) is 3.41. The van der Waals surface area contributed by atoms with Gasteiger partial charge >= 0.3 is 0 Å². The minimum absolute atomic E-state index is 0.519. The summed E-state index contributed by atoms with van der Waals surface area (Å²) in [5, 5.41) is 10.7. The molecular weight excluding hydrogens is 244 g/mol. The van der Waals surface area contributed by atoms with Gasteiger partial charge in [0.15, 0.2) is 0 Å². The van der Waals surface area contributed by atoms with Gasteiger partial charge in [-0.2, -0.15) is 0 Å². The van der Waals surface area contributed by atoms with Gasteiger partial charge in [0.2, 0.25) is 0 Å². The number of aliphatic hydroxyl groups excluding tert-OH is 1. The summed E-state index contributed by atoms with van der Waals surface area (Å²) in [6.45, 7) is 4.18. The molecule has 104 valence electrons. The van der Waals surface area contributed by atoms with E-state index in [4.69, 9.17) is 0 Å². The lowest BCUT2D eigenvalue weighted by Crippen LogP contribution is -2.10. The van der Waals surface area contributed by atoms with E-state index in [9.17, 15) is 5.11 Å². The smallest absolute Gasteiger partial charge is 0.104 e. The summed E-state index contributed by atoms with van der Waals surface area (Å²) < 4.78 is 0. The Balaban J connectivity index is 1.93. The largest absolute Gasteiger partial charge is 0.384 e. The molecule has 0 aromatic heterocycles. The van der Waals surface area contributed by atoms with Crippen molar-refractivity contribution in [3.63, 3.8) is 0 Å². The molecule has 1 fully saturated rings. The second-order valence-electron chi connectivity index (χ2n) is 5.99. The molecule has 1 N–H and O–H groups in total. The van der Waals surface area contributed by atoms with E-state index < -0.39 is 6.10 Å². The minimum atomic E-state index is -0.519. The van der Waals surface area contributed by atoms with Crippen LogP contribution in [0.15, 0.2) is 42.5 Å². The molecule has 1 heteroatoms. The van der Waals surface area contributed by atoms with Crippen LogP contribution in [0.3, 0.4) is 0 Å². The van der Waals surface area contributed by atoms with Crippen LogP contribution in [0.2, 0.25) is 0 Å². The normalized spacial score (nSPS) is 16.8. The first-order valence-corrected chi connectivity index (χ1v) is 7.51. The van der Waals surface area contributed by atoms with Gasteiger partial charge in [-0.25, -0.2) is 0 Å². The van der Waals surface area contributed by atoms with Crippen LogP contribution in [0.5, 0.6) is 0 Å². The minimum Gasteiger partial charge on any atom is -0.384 e. The van der Waals surface area contributed by atoms with E-state index in [2.05, 4.69) is 38.1 Å². The maximum atomic E-state index is 10.7. The van der Waals surface area contributed by atoms with Crippen LogP contribution in [0, 0.1) is 13.8 Å². The van der Waals surface area contributed by atoms with E-state index in [0.29, 0.717) is 5.92 Å². The Morgan fingerprint density at radius 2 is 1.80 bits per heavy atom. The molecule has 1 atom stereocenters. The standard InChI is InChI=1S/C19H22O/c1-13-6-3-11-18(14(13)2)19(20)17-10-5-9-16(12-17)15-7-4-8-15/h3,5-6,9-12,15,19-20H,4,7-8H2,1-2H3. The molecule has 20 heavy (non-hydrogen) atoms. The van der Waals surface area contributed by atoms with Gasteiger partial charge in [0.05, 0.1) is 0 Å². The van der Waals surface area contributed by atoms with Crippen LogP contribution in [-0.4, -0.2) is 5.11 Å². The summed E-state index contributed by atoms with van der Waals surface area (Å²) in [7, 11) is 0. The average Bonchev–Trinajstić information content (AvgIpc) is 2.40. The Morgan fingerprint density at radius 1 is 1.05 bits per heavy atom. The summed E-state index contributed by atoms with van der Waals surface area (Å²) in [6, 6.07) is 14.7. The van der Waals surface area contributed by atoms with Crippen molar-refractivity contribution >= 4 is 0 Å². The molecule has 0 heterocycles.